The number of hydrogen-bond acceptors (Lipinski definition) is 3. The summed E-state index contributed by atoms with van der Waals surface area (Å²) in [6.45, 7) is 4.33. The van der Waals surface area contributed by atoms with E-state index in [9.17, 15) is 9.59 Å². The molecular formula is C20H25BrN4O3. The lowest BCUT2D eigenvalue weighted by Gasteiger charge is -2.33. The zero-order chi connectivity index (χ0) is 20.3. The third kappa shape index (κ3) is 4.32. The maximum Gasteiger partial charge on any atom is 0.425 e. The van der Waals surface area contributed by atoms with E-state index in [4.69, 9.17) is 0 Å². The van der Waals surface area contributed by atoms with Crippen molar-refractivity contribution in [2.24, 2.45) is 0 Å². The number of urea groups is 1. The lowest BCUT2D eigenvalue weighted by molar-refractivity contribution is 0.0920. The summed E-state index contributed by atoms with van der Waals surface area (Å²) in [4.78, 5) is 30.0. The zero-order valence-corrected chi connectivity index (χ0v) is 17.8. The molecule has 0 aliphatic carbocycles. The van der Waals surface area contributed by atoms with Crippen LogP contribution in [0.25, 0.3) is 11.3 Å². The molecule has 2 N–H and O–H groups in total. The van der Waals surface area contributed by atoms with Gasteiger partial charge in [0.1, 0.15) is 0 Å². The van der Waals surface area contributed by atoms with Gasteiger partial charge in [0.25, 0.3) is 0 Å². The molecule has 0 radical (unpaired) electrons. The molecule has 0 bridgehead atoms. The maximum atomic E-state index is 13.1. The van der Waals surface area contributed by atoms with Gasteiger partial charge in [0, 0.05) is 28.4 Å². The molecule has 2 heterocycles. The summed E-state index contributed by atoms with van der Waals surface area (Å²) < 4.78 is 5.67. The van der Waals surface area contributed by atoms with Crippen molar-refractivity contribution in [3.8, 4) is 11.3 Å². The van der Waals surface area contributed by atoms with Crippen molar-refractivity contribution < 1.29 is 14.3 Å². The summed E-state index contributed by atoms with van der Waals surface area (Å²) in [5.74, 6) is 0. The highest BCUT2D eigenvalue weighted by Gasteiger charge is 2.35. The van der Waals surface area contributed by atoms with Gasteiger partial charge in [-0.05, 0) is 56.5 Å². The molecule has 1 atom stereocenters. The second kappa shape index (κ2) is 8.68. The van der Waals surface area contributed by atoms with E-state index in [0.717, 1.165) is 34.3 Å². The van der Waals surface area contributed by atoms with Crippen LogP contribution in [0.4, 0.5) is 9.59 Å². The highest BCUT2D eigenvalue weighted by Crippen LogP contribution is 2.34. The number of aromatic amines is 1. The summed E-state index contributed by atoms with van der Waals surface area (Å²) in [6.07, 6.45) is 1.12. The SMILES string of the molecule is COC(=O)NN(C(=O)N1CCCC1c1ccc(-c2ccc(Br)cc2)[nH]1)C(C)C. The molecule has 1 saturated heterocycles. The van der Waals surface area contributed by atoms with Gasteiger partial charge in [-0.3, -0.25) is 0 Å². The van der Waals surface area contributed by atoms with Crippen molar-refractivity contribution in [3.63, 3.8) is 0 Å². The largest absolute Gasteiger partial charge is 0.452 e. The van der Waals surface area contributed by atoms with Gasteiger partial charge in [-0.1, -0.05) is 28.1 Å². The highest BCUT2D eigenvalue weighted by molar-refractivity contribution is 9.10. The van der Waals surface area contributed by atoms with Crippen LogP contribution in [0.1, 0.15) is 38.4 Å². The van der Waals surface area contributed by atoms with Crippen LogP contribution >= 0.6 is 15.9 Å². The predicted octanol–water partition coefficient (Wildman–Crippen LogP) is 4.68. The molecule has 3 amide bonds. The molecule has 2 aromatic rings. The van der Waals surface area contributed by atoms with E-state index in [1.807, 2.05) is 50.2 Å². The van der Waals surface area contributed by atoms with Crippen molar-refractivity contribution in [2.75, 3.05) is 13.7 Å². The number of hydrogen-bond donors (Lipinski definition) is 2. The molecule has 3 rings (SSSR count). The third-order valence-electron chi connectivity index (χ3n) is 4.84. The van der Waals surface area contributed by atoms with Gasteiger partial charge in [-0.25, -0.2) is 20.0 Å². The van der Waals surface area contributed by atoms with Crippen LogP contribution in [0.3, 0.4) is 0 Å². The van der Waals surface area contributed by atoms with E-state index in [-0.39, 0.29) is 18.1 Å². The number of ether oxygens (including phenoxy) is 1. The predicted molar refractivity (Wildman–Crippen MR) is 111 cm³/mol. The van der Waals surface area contributed by atoms with Crippen molar-refractivity contribution in [3.05, 3.63) is 46.6 Å². The quantitative estimate of drug-likeness (QED) is 0.668. The first-order chi connectivity index (χ1) is 13.4. The Bertz CT molecular complexity index is 834. The Hall–Kier alpha value is -2.48. The van der Waals surface area contributed by atoms with E-state index in [2.05, 4.69) is 31.1 Å². The molecule has 1 fully saturated rings. The van der Waals surface area contributed by atoms with E-state index in [1.165, 1.54) is 12.1 Å². The smallest absolute Gasteiger partial charge is 0.425 e. The number of likely N-dealkylation sites (tertiary alicyclic amines) is 1. The van der Waals surface area contributed by atoms with Crippen LogP contribution in [-0.2, 0) is 4.74 Å². The van der Waals surface area contributed by atoms with Gasteiger partial charge in [-0.2, -0.15) is 0 Å². The normalized spacial score (nSPS) is 16.3. The number of amides is 3. The fourth-order valence-corrected chi connectivity index (χ4v) is 3.67. The average molecular weight is 449 g/mol. The number of nitrogens with zero attached hydrogens (tertiary/aromatic N) is 2. The fourth-order valence-electron chi connectivity index (χ4n) is 3.40. The van der Waals surface area contributed by atoms with Crippen LogP contribution in [0.5, 0.6) is 0 Å². The summed E-state index contributed by atoms with van der Waals surface area (Å²) in [5.41, 5.74) is 5.60. The number of halogens is 1. The Kier molecular flexibility index (Phi) is 6.28. The Labute approximate surface area is 173 Å². The number of benzene rings is 1. The molecule has 0 saturated carbocycles. The van der Waals surface area contributed by atoms with Crippen molar-refractivity contribution in [1.82, 2.24) is 20.3 Å². The Morgan fingerprint density at radius 1 is 1.25 bits per heavy atom. The first-order valence-corrected chi connectivity index (χ1v) is 10.1. The number of nitrogens with one attached hydrogen (secondary N) is 2. The molecule has 1 unspecified atom stereocenters. The average Bonchev–Trinajstić information content (AvgIpc) is 3.34. The zero-order valence-electron chi connectivity index (χ0n) is 16.2. The number of rotatable bonds is 3. The second-order valence-electron chi connectivity index (χ2n) is 7.04. The summed E-state index contributed by atoms with van der Waals surface area (Å²) in [6, 6.07) is 11.7. The van der Waals surface area contributed by atoms with E-state index in [1.54, 1.807) is 4.90 Å². The Morgan fingerprint density at radius 3 is 2.61 bits per heavy atom. The molecule has 150 valence electrons. The molecule has 1 aromatic heterocycles. The first-order valence-electron chi connectivity index (χ1n) is 9.30. The van der Waals surface area contributed by atoms with Crippen LogP contribution in [-0.4, -0.2) is 46.7 Å². The highest BCUT2D eigenvalue weighted by atomic mass is 79.9. The number of carbonyl (C=O) groups excluding carboxylic acids is 2. The van der Waals surface area contributed by atoms with E-state index >= 15 is 0 Å². The van der Waals surface area contributed by atoms with Gasteiger partial charge in [0.15, 0.2) is 0 Å². The van der Waals surface area contributed by atoms with Crippen molar-refractivity contribution >= 4 is 28.1 Å². The van der Waals surface area contributed by atoms with Crippen LogP contribution < -0.4 is 5.43 Å². The summed E-state index contributed by atoms with van der Waals surface area (Å²) in [7, 11) is 1.28. The second-order valence-corrected chi connectivity index (χ2v) is 7.95. The first kappa shape index (κ1) is 20.3. The molecule has 1 aromatic carbocycles. The van der Waals surface area contributed by atoms with Gasteiger partial charge >= 0.3 is 12.1 Å². The van der Waals surface area contributed by atoms with Crippen molar-refractivity contribution in [2.45, 2.75) is 38.8 Å². The molecule has 28 heavy (non-hydrogen) atoms. The Morgan fingerprint density at radius 2 is 1.96 bits per heavy atom. The third-order valence-corrected chi connectivity index (χ3v) is 5.37. The standard InChI is InChI=1S/C20H25BrN4O3/c1-13(2)25(23-19(26)28-3)20(27)24-12-4-5-18(24)17-11-10-16(22-17)14-6-8-15(21)9-7-14/h6-11,13,18,22H,4-5,12H2,1-3H3,(H,23,26). The minimum Gasteiger partial charge on any atom is -0.452 e. The molecule has 1 aliphatic heterocycles. The fraction of sp³-hybridized carbons (Fsp3) is 0.400. The number of carbonyl (C=O) groups is 2. The van der Waals surface area contributed by atoms with Crippen LogP contribution in [0.2, 0.25) is 0 Å². The number of hydrazine groups is 1. The van der Waals surface area contributed by atoms with E-state index < -0.39 is 6.09 Å². The van der Waals surface area contributed by atoms with Crippen LogP contribution in [0, 0.1) is 0 Å². The molecular weight excluding hydrogens is 424 g/mol. The van der Waals surface area contributed by atoms with Crippen molar-refractivity contribution in [1.29, 1.82) is 0 Å². The van der Waals surface area contributed by atoms with Crippen LogP contribution in [0.15, 0.2) is 40.9 Å². The van der Waals surface area contributed by atoms with Gasteiger partial charge < -0.3 is 14.6 Å². The lowest BCUT2D eigenvalue weighted by atomic mass is 10.1. The number of methoxy groups -OCH3 is 1. The van der Waals surface area contributed by atoms with E-state index in [0.29, 0.717) is 6.54 Å². The molecule has 0 spiro atoms. The molecule has 7 nitrogen and oxygen atoms in total. The Balaban J connectivity index is 1.79. The summed E-state index contributed by atoms with van der Waals surface area (Å²) in [5, 5.41) is 1.32. The molecule has 8 heteroatoms. The van der Waals surface area contributed by atoms with Gasteiger partial charge in [0.05, 0.1) is 13.2 Å². The topological polar surface area (TPSA) is 77.7 Å². The number of H-pyrrole nitrogens is 1. The minimum atomic E-state index is -0.657. The molecule has 1 aliphatic rings. The van der Waals surface area contributed by atoms with Gasteiger partial charge in [-0.15, -0.1) is 0 Å². The lowest BCUT2D eigenvalue weighted by Crippen LogP contribution is -2.54. The summed E-state index contributed by atoms with van der Waals surface area (Å²) >= 11 is 3.45. The number of aromatic nitrogens is 1. The minimum absolute atomic E-state index is 0.0580. The monoisotopic (exact) mass is 448 g/mol. The van der Waals surface area contributed by atoms with Gasteiger partial charge in [0.2, 0.25) is 0 Å². The maximum absolute atomic E-state index is 13.1.